The van der Waals surface area contributed by atoms with Crippen LogP contribution >= 0.6 is 15.9 Å². The zero-order valence-corrected chi connectivity index (χ0v) is 11.4. The van der Waals surface area contributed by atoms with Crippen LogP contribution in [0.3, 0.4) is 0 Å². The Morgan fingerprint density at radius 3 is 2.67 bits per heavy atom. The maximum Gasteiger partial charge on any atom is 0.166 e. The zero-order chi connectivity index (χ0) is 13.1. The Labute approximate surface area is 113 Å². The highest BCUT2D eigenvalue weighted by atomic mass is 79.9. The van der Waals surface area contributed by atoms with Crippen molar-refractivity contribution in [1.29, 1.82) is 0 Å². The first-order valence-corrected chi connectivity index (χ1v) is 6.67. The molecule has 1 aliphatic heterocycles. The molecule has 0 saturated carbocycles. The minimum atomic E-state index is -0.793. The van der Waals surface area contributed by atoms with E-state index >= 15 is 0 Å². The zero-order valence-electron chi connectivity index (χ0n) is 9.85. The maximum atomic E-state index is 13.8. The molecule has 6 heteroatoms. The first kappa shape index (κ1) is 13.7. The van der Waals surface area contributed by atoms with E-state index in [-0.39, 0.29) is 10.0 Å². The highest BCUT2D eigenvalue weighted by molar-refractivity contribution is 9.10. The Kier molecular flexibility index (Phi) is 4.53. The number of halogens is 3. The van der Waals surface area contributed by atoms with Gasteiger partial charge in [0.25, 0.3) is 0 Å². The maximum absolute atomic E-state index is 13.8. The number of hydrogen-bond acceptors (Lipinski definition) is 3. The van der Waals surface area contributed by atoms with E-state index < -0.39 is 17.4 Å². The summed E-state index contributed by atoms with van der Waals surface area (Å²) in [5.41, 5.74) is 0.0420. The van der Waals surface area contributed by atoms with Gasteiger partial charge in [-0.05, 0) is 28.4 Å². The van der Waals surface area contributed by atoms with Crippen LogP contribution in [0.4, 0.5) is 8.78 Å². The molecular formula is C12H15BrF2N2O. The molecule has 0 spiro atoms. The molecule has 100 valence electrons. The third-order valence-electron chi connectivity index (χ3n) is 3.13. The smallest absolute Gasteiger partial charge is 0.166 e. The summed E-state index contributed by atoms with van der Waals surface area (Å²) >= 11 is 2.95. The molecule has 1 aromatic carbocycles. The Balaban J connectivity index is 2.08. The molecule has 0 atom stereocenters. The van der Waals surface area contributed by atoms with Crippen molar-refractivity contribution in [3.8, 4) is 5.75 Å². The molecule has 2 N–H and O–H groups in total. The molecule has 3 nitrogen and oxygen atoms in total. The molecule has 1 saturated heterocycles. The fourth-order valence-electron chi connectivity index (χ4n) is 2.07. The summed E-state index contributed by atoms with van der Waals surface area (Å²) < 4.78 is 27.2. The van der Waals surface area contributed by atoms with Gasteiger partial charge in [-0.1, -0.05) is 0 Å². The summed E-state index contributed by atoms with van der Waals surface area (Å²) in [7, 11) is 0. The lowest BCUT2D eigenvalue weighted by atomic mass is 10.1. The van der Waals surface area contributed by atoms with Crippen LogP contribution in [0.1, 0.15) is 5.56 Å². The Bertz CT molecular complexity index is 410. The molecule has 0 aromatic heterocycles. The van der Waals surface area contributed by atoms with Crippen molar-refractivity contribution in [1.82, 2.24) is 10.2 Å². The standard InChI is InChI=1S/C12H15BrF2N2O/c13-9-7-10(14)12(18)8(11(9)15)1-4-17-5-2-16-3-6-17/h7,16,18H,1-6H2. The number of phenolic OH excluding ortho intramolecular Hbond substituents is 1. The fraction of sp³-hybridized carbons (Fsp3) is 0.500. The van der Waals surface area contributed by atoms with E-state index in [2.05, 4.69) is 26.1 Å². The molecule has 0 amide bonds. The number of nitrogens with one attached hydrogen (secondary N) is 1. The quantitative estimate of drug-likeness (QED) is 0.835. The molecule has 1 aromatic rings. The third kappa shape index (κ3) is 2.99. The number of piperazine rings is 1. The summed E-state index contributed by atoms with van der Waals surface area (Å²) in [6.07, 6.45) is 0.300. The predicted octanol–water partition coefficient (Wildman–Crippen LogP) is 1.88. The minimum Gasteiger partial charge on any atom is -0.505 e. The first-order valence-electron chi connectivity index (χ1n) is 5.88. The molecule has 0 unspecified atom stereocenters. The van der Waals surface area contributed by atoms with Crippen LogP contribution in [-0.4, -0.2) is 42.7 Å². The van der Waals surface area contributed by atoms with E-state index in [1.807, 2.05) is 0 Å². The van der Waals surface area contributed by atoms with E-state index in [1.54, 1.807) is 0 Å². The number of rotatable bonds is 3. The van der Waals surface area contributed by atoms with E-state index in [0.29, 0.717) is 13.0 Å². The molecule has 1 heterocycles. The monoisotopic (exact) mass is 320 g/mol. The second kappa shape index (κ2) is 5.95. The third-order valence-corrected chi connectivity index (χ3v) is 3.70. The largest absolute Gasteiger partial charge is 0.505 e. The van der Waals surface area contributed by atoms with Gasteiger partial charge in [0.2, 0.25) is 0 Å². The van der Waals surface area contributed by atoms with Crippen LogP contribution in [0.25, 0.3) is 0 Å². The van der Waals surface area contributed by atoms with Crippen molar-refractivity contribution in [2.24, 2.45) is 0 Å². The van der Waals surface area contributed by atoms with Gasteiger partial charge in [-0.3, -0.25) is 0 Å². The Hall–Kier alpha value is -0.720. The summed E-state index contributed by atoms with van der Waals surface area (Å²) in [6, 6.07) is 0.943. The van der Waals surface area contributed by atoms with E-state index in [0.717, 1.165) is 32.2 Å². The highest BCUT2D eigenvalue weighted by Crippen LogP contribution is 2.30. The second-order valence-corrected chi connectivity index (χ2v) is 5.18. The van der Waals surface area contributed by atoms with Gasteiger partial charge in [-0.2, -0.15) is 0 Å². The van der Waals surface area contributed by atoms with Crippen LogP contribution < -0.4 is 5.32 Å². The molecule has 0 bridgehead atoms. The number of hydrogen-bond donors (Lipinski definition) is 2. The van der Waals surface area contributed by atoms with Crippen molar-refractivity contribution in [2.75, 3.05) is 32.7 Å². The average Bonchev–Trinajstić information content (AvgIpc) is 2.38. The summed E-state index contributed by atoms with van der Waals surface area (Å²) in [5.74, 6) is -1.95. The van der Waals surface area contributed by atoms with Gasteiger partial charge < -0.3 is 15.3 Å². The summed E-state index contributed by atoms with van der Waals surface area (Å²) in [6.45, 7) is 4.20. The molecule has 18 heavy (non-hydrogen) atoms. The van der Waals surface area contributed by atoms with Gasteiger partial charge in [0, 0.05) is 38.3 Å². The Morgan fingerprint density at radius 2 is 2.00 bits per heavy atom. The van der Waals surface area contributed by atoms with Crippen LogP contribution in [0.5, 0.6) is 5.75 Å². The van der Waals surface area contributed by atoms with Crippen molar-refractivity contribution < 1.29 is 13.9 Å². The molecular weight excluding hydrogens is 306 g/mol. The number of nitrogens with zero attached hydrogens (tertiary/aromatic N) is 1. The van der Waals surface area contributed by atoms with Crippen molar-refractivity contribution in [3.05, 3.63) is 27.7 Å². The van der Waals surface area contributed by atoms with E-state index in [9.17, 15) is 13.9 Å². The van der Waals surface area contributed by atoms with E-state index in [4.69, 9.17) is 0 Å². The molecule has 2 rings (SSSR count). The highest BCUT2D eigenvalue weighted by Gasteiger charge is 2.18. The number of phenols is 1. The number of aromatic hydroxyl groups is 1. The van der Waals surface area contributed by atoms with Gasteiger partial charge in [-0.25, -0.2) is 8.78 Å². The lowest BCUT2D eigenvalue weighted by Gasteiger charge is -2.27. The van der Waals surface area contributed by atoms with Crippen molar-refractivity contribution in [3.63, 3.8) is 0 Å². The SMILES string of the molecule is Oc1c(F)cc(Br)c(F)c1CCN1CCNCC1. The fourth-order valence-corrected chi connectivity index (χ4v) is 2.51. The summed E-state index contributed by atoms with van der Waals surface area (Å²) in [5, 5.41) is 12.8. The van der Waals surface area contributed by atoms with Gasteiger partial charge in [0.05, 0.1) is 4.47 Å². The van der Waals surface area contributed by atoms with Crippen LogP contribution in [0, 0.1) is 11.6 Å². The van der Waals surface area contributed by atoms with Gasteiger partial charge in [0.1, 0.15) is 5.82 Å². The Morgan fingerprint density at radius 1 is 1.33 bits per heavy atom. The van der Waals surface area contributed by atoms with Gasteiger partial charge in [0.15, 0.2) is 11.6 Å². The predicted molar refractivity (Wildman–Crippen MR) is 68.7 cm³/mol. The van der Waals surface area contributed by atoms with Crippen LogP contribution in [0.15, 0.2) is 10.5 Å². The van der Waals surface area contributed by atoms with E-state index in [1.165, 1.54) is 0 Å². The first-order chi connectivity index (χ1) is 8.59. The van der Waals surface area contributed by atoms with Gasteiger partial charge in [-0.15, -0.1) is 0 Å². The van der Waals surface area contributed by atoms with Crippen LogP contribution in [-0.2, 0) is 6.42 Å². The van der Waals surface area contributed by atoms with Crippen LogP contribution in [0.2, 0.25) is 0 Å². The molecule has 1 fully saturated rings. The molecule has 0 aliphatic carbocycles. The molecule has 1 aliphatic rings. The molecule has 0 radical (unpaired) electrons. The van der Waals surface area contributed by atoms with Crippen molar-refractivity contribution in [2.45, 2.75) is 6.42 Å². The minimum absolute atomic E-state index is 0.0420. The van der Waals surface area contributed by atoms with Crippen molar-refractivity contribution >= 4 is 15.9 Å². The lowest BCUT2D eigenvalue weighted by Crippen LogP contribution is -2.44. The van der Waals surface area contributed by atoms with Gasteiger partial charge >= 0.3 is 0 Å². The number of benzene rings is 1. The topological polar surface area (TPSA) is 35.5 Å². The lowest BCUT2D eigenvalue weighted by molar-refractivity contribution is 0.242. The normalized spacial score (nSPS) is 17.1. The summed E-state index contributed by atoms with van der Waals surface area (Å²) in [4.78, 5) is 2.16. The second-order valence-electron chi connectivity index (χ2n) is 4.32. The average molecular weight is 321 g/mol.